The molecule has 0 spiro atoms. The Morgan fingerprint density at radius 1 is 1.12 bits per heavy atom. The van der Waals surface area contributed by atoms with Crippen molar-refractivity contribution in [3.63, 3.8) is 0 Å². The highest BCUT2D eigenvalue weighted by molar-refractivity contribution is 7.19. The van der Waals surface area contributed by atoms with E-state index in [0.29, 0.717) is 23.7 Å². The Balaban J connectivity index is 0.000000143. The predicted molar refractivity (Wildman–Crippen MR) is 95.5 cm³/mol. The number of carbonyl (C=O) groups excluding carboxylic acids is 1. The minimum Gasteiger partial charge on any atom is -0.454 e. The van der Waals surface area contributed by atoms with E-state index in [1.165, 1.54) is 15.0 Å². The van der Waals surface area contributed by atoms with Gasteiger partial charge in [0.1, 0.15) is 0 Å². The first-order chi connectivity index (χ1) is 11.7. The number of amides is 2. The lowest BCUT2D eigenvalue weighted by Crippen LogP contribution is -2.19. The lowest BCUT2D eigenvalue weighted by atomic mass is 10.2. The third kappa shape index (κ3) is 3.76. The zero-order chi connectivity index (χ0) is 16.9. The molecule has 4 rings (SSSR count). The molecule has 2 heterocycles. The number of thiophene rings is 1. The van der Waals surface area contributed by atoms with Gasteiger partial charge in [-0.05, 0) is 29.7 Å². The van der Waals surface area contributed by atoms with E-state index in [4.69, 9.17) is 20.9 Å². The summed E-state index contributed by atoms with van der Waals surface area (Å²) >= 11 is 1.77. The SMILES string of the molecule is NC(=O)Nc1ccc2c(c1)OCO2.NCc1cc2ccccc2s1. The number of rotatable bonds is 2. The van der Waals surface area contributed by atoms with Crippen LogP contribution in [0.15, 0.2) is 48.5 Å². The average Bonchev–Trinajstić information content (AvgIpc) is 3.20. The number of carbonyl (C=O) groups is 1. The van der Waals surface area contributed by atoms with Crippen molar-refractivity contribution in [2.75, 3.05) is 12.1 Å². The number of anilines is 1. The Kier molecular flexibility index (Phi) is 4.83. The zero-order valence-electron chi connectivity index (χ0n) is 12.8. The average molecular weight is 343 g/mol. The fraction of sp³-hybridized carbons (Fsp3) is 0.118. The van der Waals surface area contributed by atoms with Gasteiger partial charge < -0.3 is 26.3 Å². The van der Waals surface area contributed by atoms with Crippen molar-refractivity contribution < 1.29 is 14.3 Å². The predicted octanol–water partition coefficient (Wildman–Crippen LogP) is 3.27. The van der Waals surface area contributed by atoms with Gasteiger partial charge in [-0.3, -0.25) is 0 Å². The third-order valence-corrected chi connectivity index (χ3v) is 4.46. The Morgan fingerprint density at radius 2 is 1.92 bits per heavy atom. The topological polar surface area (TPSA) is 99.6 Å². The van der Waals surface area contributed by atoms with E-state index in [0.717, 1.165) is 0 Å². The molecule has 0 radical (unpaired) electrons. The molecule has 0 fully saturated rings. The van der Waals surface area contributed by atoms with Crippen LogP contribution in [-0.4, -0.2) is 12.8 Å². The van der Waals surface area contributed by atoms with Crippen molar-refractivity contribution in [1.29, 1.82) is 0 Å². The van der Waals surface area contributed by atoms with Crippen LogP contribution < -0.4 is 26.3 Å². The number of benzene rings is 2. The second-order valence-corrected chi connectivity index (χ2v) is 6.18. The van der Waals surface area contributed by atoms with Gasteiger partial charge in [-0.1, -0.05) is 18.2 Å². The summed E-state index contributed by atoms with van der Waals surface area (Å²) in [7, 11) is 0. The van der Waals surface area contributed by atoms with Crippen LogP contribution in [0.5, 0.6) is 11.5 Å². The molecule has 1 aliphatic rings. The molecule has 7 heteroatoms. The monoisotopic (exact) mass is 343 g/mol. The van der Waals surface area contributed by atoms with Gasteiger partial charge in [-0.2, -0.15) is 0 Å². The molecule has 0 saturated carbocycles. The summed E-state index contributed by atoms with van der Waals surface area (Å²) in [6, 6.07) is 15.0. The highest BCUT2D eigenvalue weighted by Gasteiger charge is 2.13. The fourth-order valence-corrected chi connectivity index (χ4v) is 3.20. The van der Waals surface area contributed by atoms with E-state index in [1.54, 1.807) is 29.5 Å². The second kappa shape index (κ2) is 7.20. The Labute approximate surface area is 143 Å². The minimum absolute atomic E-state index is 0.218. The van der Waals surface area contributed by atoms with Crippen molar-refractivity contribution in [1.82, 2.24) is 0 Å². The van der Waals surface area contributed by atoms with Gasteiger partial charge in [0.15, 0.2) is 11.5 Å². The van der Waals surface area contributed by atoms with E-state index in [1.807, 2.05) is 0 Å². The van der Waals surface area contributed by atoms with E-state index in [-0.39, 0.29) is 6.79 Å². The molecule has 5 N–H and O–H groups in total. The molecule has 1 aliphatic heterocycles. The number of nitrogens with one attached hydrogen (secondary N) is 1. The number of nitrogens with two attached hydrogens (primary N) is 2. The third-order valence-electron chi connectivity index (χ3n) is 3.32. The first-order valence-corrected chi connectivity index (χ1v) is 8.11. The molecule has 0 aliphatic carbocycles. The molecule has 6 nitrogen and oxygen atoms in total. The van der Waals surface area contributed by atoms with Gasteiger partial charge in [-0.15, -0.1) is 11.3 Å². The number of urea groups is 1. The molecular formula is C17H17N3O3S. The summed E-state index contributed by atoms with van der Waals surface area (Å²) in [6.45, 7) is 0.870. The lowest BCUT2D eigenvalue weighted by Gasteiger charge is -2.01. The van der Waals surface area contributed by atoms with Crippen molar-refractivity contribution in [3.8, 4) is 11.5 Å². The van der Waals surface area contributed by atoms with Crippen LogP contribution in [0.2, 0.25) is 0 Å². The molecule has 24 heavy (non-hydrogen) atoms. The summed E-state index contributed by atoms with van der Waals surface area (Å²) in [6.07, 6.45) is 0. The van der Waals surface area contributed by atoms with Gasteiger partial charge >= 0.3 is 6.03 Å². The minimum atomic E-state index is -0.598. The summed E-state index contributed by atoms with van der Waals surface area (Å²) in [4.78, 5) is 11.8. The summed E-state index contributed by atoms with van der Waals surface area (Å²) < 4.78 is 11.5. The van der Waals surface area contributed by atoms with E-state index < -0.39 is 6.03 Å². The lowest BCUT2D eigenvalue weighted by molar-refractivity contribution is 0.174. The van der Waals surface area contributed by atoms with Gasteiger partial charge in [0.05, 0.1) is 0 Å². The highest BCUT2D eigenvalue weighted by atomic mass is 32.1. The maximum absolute atomic E-state index is 10.5. The van der Waals surface area contributed by atoms with Gasteiger partial charge in [-0.25, -0.2) is 4.79 Å². The van der Waals surface area contributed by atoms with Crippen molar-refractivity contribution in [2.24, 2.45) is 11.5 Å². The standard InChI is InChI=1S/C9H9NS.C8H8N2O3/c10-6-8-5-7-3-1-2-4-9(7)11-8;9-8(11)10-5-1-2-6-7(3-5)13-4-12-6/h1-5H,6,10H2;1-3H,4H2,(H3,9,10,11). The van der Waals surface area contributed by atoms with Gasteiger partial charge in [0.25, 0.3) is 0 Å². The molecule has 2 aromatic carbocycles. The van der Waals surface area contributed by atoms with Crippen LogP contribution in [0.4, 0.5) is 10.5 Å². The fourth-order valence-electron chi connectivity index (χ4n) is 2.25. The maximum Gasteiger partial charge on any atom is 0.316 e. The van der Waals surface area contributed by atoms with Gasteiger partial charge in [0, 0.05) is 27.9 Å². The number of primary amides is 1. The van der Waals surface area contributed by atoms with E-state index in [9.17, 15) is 4.79 Å². The van der Waals surface area contributed by atoms with Crippen LogP contribution >= 0.6 is 11.3 Å². The van der Waals surface area contributed by atoms with Crippen molar-refractivity contribution >= 4 is 33.1 Å². The Hall–Kier alpha value is -2.77. The molecule has 0 saturated heterocycles. The number of fused-ring (bicyclic) bond motifs is 2. The summed E-state index contributed by atoms with van der Waals surface area (Å²) in [5.74, 6) is 1.29. The Morgan fingerprint density at radius 3 is 2.67 bits per heavy atom. The normalized spacial score (nSPS) is 11.7. The van der Waals surface area contributed by atoms with Crippen LogP contribution in [0.1, 0.15) is 4.88 Å². The first kappa shape index (κ1) is 16.1. The number of ether oxygens (including phenoxy) is 2. The molecular weight excluding hydrogens is 326 g/mol. The smallest absolute Gasteiger partial charge is 0.316 e. The molecule has 0 bridgehead atoms. The van der Waals surface area contributed by atoms with E-state index in [2.05, 4.69) is 35.6 Å². The number of hydrogen-bond donors (Lipinski definition) is 3. The molecule has 0 atom stereocenters. The Bertz CT molecular complexity index is 830. The van der Waals surface area contributed by atoms with Crippen LogP contribution in [-0.2, 0) is 6.54 Å². The largest absolute Gasteiger partial charge is 0.454 e. The second-order valence-electron chi connectivity index (χ2n) is 5.01. The van der Waals surface area contributed by atoms with Crippen LogP contribution in [0.25, 0.3) is 10.1 Å². The van der Waals surface area contributed by atoms with Crippen molar-refractivity contribution in [3.05, 3.63) is 53.4 Å². The molecule has 3 aromatic rings. The van der Waals surface area contributed by atoms with Crippen LogP contribution in [0, 0.1) is 0 Å². The van der Waals surface area contributed by atoms with Gasteiger partial charge in [0.2, 0.25) is 6.79 Å². The molecule has 2 amide bonds. The quantitative estimate of drug-likeness (QED) is 0.665. The highest BCUT2D eigenvalue weighted by Crippen LogP contribution is 2.34. The summed E-state index contributed by atoms with van der Waals surface area (Å²) in [5.41, 5.74) is 11.1. The zero-order valence-corrected chi connectivity index (χ0v) is 13.6. The molecule has 0 unspecified atom stereocenters. The molecule has 1 aromatic heterocycles. The number of hydrogen-bond acceptors (Lipinski definition) is 5. The van der Waals surface area contributed by atoms with Crippen LogP contribution in [0.3, 0.4) is 0 Å². The first-order valence-electron chi connectivity index (χ1n) is 7.29. The van der Waals surface area contributed by atoms with E-state index >= 15 is 0 Å². The maximum atomic E-state index is 10.5. The summed E-state index contributed by atoms with van der Waals surface area (Å²) in [5, 5.41) is 3.74. The molecule has 124 valence electrons. The van der Waals surface area contributed by atoms with Crippen molar-refractivity contribution in [2.45, 2.75) is 6.54 Å².